The molecule has 13 heavy (non-hydrogen) atoms. The van der Waals surface area contributed by atoms with Crippen LogP contribution in [0.3, 0.4) is 0 Å². The Bertz CT molecular complexity index is 107. The minimum atomic E-state index is 0.215. The number of nitrogens with one attached hydrogen (secondary N) is 1. The summed E-state index contributed by atoms with van der Waals surface area (Å²) in [5.41, 5.74) is 0. The molecule has 0 saturated heterocycles. The van der Waals surface area contributed by atoms with Crippen LogP contribution in [-0.4, -0.2) is 38.0 Å². The molecule has 0 spiro atoms. The van der Waals surface area contributed by atoms with Crippen LogP contribution in [0.5, 0.6) is 0 Å². The predicted octanol–water partition coefficient (Wildman–Crippen LogP) is 0.941. The van der Waals surface area contributed by atoms with Crippen molar-refractivity contribution in [3.63, 3.8) is 0 Å². The molecule has 3 nitrogen and oxygen atoms in total. The number of hydrogen-bond acceptors (Lipinski definition) is 3. The molecule has 3 heteroatoms. The maximum atomic E-state index is 8.46. The van der Waals surface area contributed by atoms with Crippen LogP contribution in [0.4, 0.5) is 0 Å². The lowest BCUT2D eigenvalue weighted by Gasteiger charge is -2.04. The molecule has 0 unspecified atom stereocenters. The quantitative estimate of drug-likeness (QED) is 0.395. The van der Waals surface area contributed by atoms with Gasteiger partial charge in [0.15, 0.2) is 0 Å². The molecule has 0 radical (unpaired) electrons. The fraction of sp³-hybridized carbons (Fsp3) is 0.800. The Balaban J connectivity index is 2.79. The van der Waals surface area contributed by atoms with Gasteiger partial charge >= 0.3 is 0 Å². The molecule has 0 aliphatic heterocycles. The summed E-state index contributed by atoms with van der Waals surface area (Å²) in [5, 5.41) is 11.7. The molecule has 0 fully saturated rings. The highest BCUT2D eigenvalue weighted by molar-refractivity contribution is 4.66. The Kier molecular flexibility index (Phi) is 11.3. The lowest BCUT2D eigenvalue weighted by molar-refractivity contribution is 0.118. The number of ether oxygens (including phenoxy) is 1. The SMILES string of the molecule is C=CCCCNCCOCCCO. The number of aliphatic hydroxyl groups is 1. The Morgan fingerprint density at radius 1 is 1.23 bits per heavy atom. The molecular weight excluding hydrogens is 166 g/mol. The van der Waals surface area contributed by atoms with Crippen molar-refractivity contribution in [2.24, 2.45) is 0 Å². The summed E-state index contributed by atoms with van der Waals surface area (Å²) in [6, 6.07) is 0. The first kappa shape index (κ1) is 12.6. The largest absolute Gasteiger partial charge is 0.396 e. The summed E-state index contributed by atoms with van der Waals surface area (Å²) in [5.74, 6) is 0. The van der Waals surface area contributed by atoms with Crippen LogP contribution >= 0.6 is 0 Å². The number of hydrogen-bond donors (Lipinski definition) is 2. The summed E-state index contributed by atoms with van der Waals surface area (Å²) in [6.45, 7) is 7.17. The van der Waals surface area contributed by atoms with Crippen LogP contribution in [0.1, 0.15) is 19.3 Å². The first-order chi connectivity index (χ1) is 6.41. The van der Waals surface area contributed by atoms with Crippen LogP contribution in [0, 0.1) is 0 Å². The van der Waals surface area contributed by atoms with Crippen molar-refractivity contribution < 1.29 is 9.84 Å². The zero-order valence-electron chi connectivity index (χ0n) is 8.30. The maximum absolute atomic E-state index is 8.46. The van der Waals surface area contributed by atoms with Crippen LogP contribution in [0.25, 0.3) is 0 Å². The number of allylic oxidation sites excluding steroid dienone is 1. The minimum absolute atomic E-state index is 0.215. The van der Waals surface area contributed by atoms with E-state index in [-0.39, 0.29) is 6.61 Å². The molecule has 2 N–H and O–H groups in total. The molecule has 0 aromatic carbocycles. The van der Waals surface area contributed by atoms with E-state index in [4.69, 9.17) is 9.84 Å². The lowest BCUT2D eigenvalue weighted by Crippen LogP contribution is -2.21. The molecular formula is C10H21NO2. The third-order valence-electron chi connectivity index (χ3n) is 1.63. The van der Waals surface area contributed by atoms with Gasteiger partial charge in [-0.1, -0.05) is 6.08 Å². The molecule has 0 saturated carbocycles. The second-order valence-electron chi connectivity index (χ2n) is 2.87. The van der Waals surface area contributed by atoms with Gasteiger partial charge in [0.1, 0.15) is 0 Å². The van der Waals surface area contributed by atoms with Gasteiger partial charge in [-0.2, -0.15) is 0 Å². The Morgan fingerprint density at radius 3 is 2.77 bits per heavy atom. The number of aliphatic hydroxyl groups excluding tert-OH is 1. The predicted molar refractivity (Wildman–Crippen MR) is 54.8 cm³/mol. The van der Waals surface area contributed by atoms with E-state index in [1.165, 1.54) is 0 Å². The standard InChI is InChI=1S/C10H21NO2/c1-2-3-4-6-11-7-10-13-9-5-8-12/h2,11-12H,1,3-10H2. The smallest absolute Gasteiger partial charge is 0.0590 e. The maximum Gasteiger partial charge on any atom is 0.0590 e. The van der Waals surface area contributed by atoms with Crippen molar-refractivity contribution in [3.8, 4) is 0 Å². The van der Waals surface area contributed by atoms with Gasteiger partial charge in [-0.25, -0.2) is 0 Å². The van der Waals surface area contributed by atoms with E-state index in [1.807, 2.05) is 6.08 Å². The molecule has 0 aromatic rings. The third kappa shape index (κ3) is 11.6. The monoisotopic (exact) mass is 187 g/mol. The fourth-order valence-electron chi connectivity index (χ4n) is 0.909. The van der Waals surface area contributed by atoms with E-state index < -0.39 is 0 Å². The molecule has 0 rings (SSSR count). The second-order valence-corrected chi connectivity index (χ2v) is 2.87. The summed E-state index contributed by atoms with van der Waals surface area (Å²) in [7, 11) is 0. The van der Waals surface area contributed by atoms with Gasteiger partial charge in [0, 0.05) is 19.8 Å². The van der Waals surface area contributed by atoms with Crippen molar-refractivity contribution in [1.29, 1.82) is 0 Å². The summed E-state index contributed by atoms with van der Waals surface area (Å²) in [4.78, 5) is 0. The highest BCUT2D eigenvalue weighted by atomic mass is 16.5. The number of rotatable bonds is 10. The molecule has 0 heterocycles. The van der Waals surface area contributed by atoms with Gasteiger partial charge in [-0.3, -0.25) is 0 Å². The molecule has 0 aliphatic carbocycles. The van der Waals surface area contributed by atoms with Gasteiger partial charge in [0.2, 0.25) is 0 Å². The topological polar surface area (TPSA) is 41.5 Å². The first-order valence-corrected chi connectivity index (χ1v) is 4.92. The first-order valence-electron chi connectivity index (χ1n) is 4.92. The van der Waals surface area contributed by atoms with Gasteiger partial charge in [0.25, 0.3) is 0 Å². The minimum Gasteiger partial charge on any atom is -0.396 e. The van der Waals surface area contributed by atoms with Gasteiger partial charge in [-0.05, 0) is 25.8 Å². The van der Waals surface area contributed by atoms with Crippen LogP contribution in [0.2, 0.25) is 0 Å². The van der Waals surface area contributed by atoms with Gasteiger partial charge in [0.05, 0.1) is 6.61 Å². The van der Waals surface area contributed by atoms with Crippen LogP contribution < -0.4 is 5.32 Å². The van der Waals surface area contributed by atoms with Crippen molar-refractivity contribution in [2.75, 3.05) is 32.9 Å². The average molecular weight is 187 g/mol. The van der Waals surface area contributed by atoms with Crippen molar-refractivity contribution in [3.05, 3.63) is 12.7 Å². The summed E-state index contributed by atoms with van der Waals surface area (Å²) < 4.78 is 5.24. The van der Waals surface area contributed by atoms with Gasteiger partial charge in [-0.15, -0.1) is 6.58 Å². The lowest BCUT2D eigenvalue weighted by atomic mass is 10.3. The zero-order valence-corrected chi connectivity index (χ0v) is 8.30. The van der Waals surface area contributed by atoms with E-state index >= 15 is 0 Å². The third-order valence-corrected chi connectivity index (χ3v) is 1.63. The molecule has 0 aromatic heterocycles. The van der Waals surface area contributed by atoms with E-state index in [0.29, 0.717) is 6.61 Å². The van der Waals surface area contributed by atoms with Crippen LogP contribution in [-0.2, 0) is 4.74 Å². The summed E-state index contributed by atoms with van der Waals surface area (Å²) >= 11 is 0. The molecule has 0 aliphatic rings. The van der Waals surface area contributed by atoms with E-state index in [0.717, 1.165) is 39.0 Å². The highest BCUT2D eigenvalue weighted by Gasteiger charge is 1.88. The van der Waals surface area contributed by atoms with E-state index in [9.17, 15) is 0 Å². The normalized spacial score (nSPS) is 10.2. The van der Waals surface area contributed by atoms with E-state index in [2.05, 4.69) is 11.9 Å². The molecule has 0 bridgehead atoms. The Hall–Kier alpha value is -0.380. The molecule has 78 valence electrons. The highest BCUT2D eigenvalue weighted by Crippen LogP contribution is 1.85. The fourth-order valence-corrected chi connectivity index (χ4v) is 0.909. The van der Waals surface area contributed by atoms with Crippen molar-refractivity contribution in [1.82, 2.24) is 5.32 Å². The van der Waals surface area contributed by atoms with Crippen LogP contribution in [0.15, 0.2) is 12.7 Å². The van der Waals surface area contributed by atoms with Crippen molar-refractivity contribution in [2.45, 2.75) is 19.3 Å². The summed E-state index contributed by atoms with van der Waals surface area (Å²) in [6.07, 6.45) is 4.87. The Morgan fingerprint density at radius 2 is 2.08 bits per heavy atom. The second kappa shape index (κ2) is 11.6. The van der Waals surface area contributed by atoms with Crippen molar-refractivity contribution >= 4 is 0 Å². The van der Waals surface area contributed by atoms with Gasteiger partial charge < -0.3 is 15.2 Å². The van der Waals surface area contributed by atoms with E-state index in [1.54, 1.807) is 0 Å². The zero-order chi connectivity index (χ0) is 9.78. The molecule has 0 amide bonds. The molecule has 0 atom stereocenters. The number of unbranched alkanes of at least 4 members (excludes halogenated alkanes) is 1. The Labute approximate surface area is 80.8 Å². The average Bonchev–Trinajstić information content (AvgIpc) is 2.16.